The number of hydrogen-bond donors (Lipinski definition) is 1. The summed E-state index contributed by atoms with van der Waals surface area (Å²) in [5.74, 6) is 0.0936. The Morgan fingerprint density at radius 2 is 2.00 bits per heavy atom. The molecule has 0 aliphatic carbocycles. The van der Waals surface area contributed by atoms with Crippen molar-refractivity contribution < 1.29 is 14.3 Å². The van der Waals surface area contributed by atoms with Crippen molar-refractivity contribution in [3.8, 4) is 0 Å². The Hall–Kier alpha value is -1.96. The van der Waals surface area contributed by atoms with Crippen molar-refractivity contribution in [1.82, 2.24) is 20.0 Å². The summed E-state index contributed by atoms with van der Waals surface area (Å²) >= 11 is 0. The van der Waals surface area contributed by atoms with Crippen molar-refractivity contribution in [2.24, 2.45) is 0 Å². The molecule has 3 aliphatic heterocycles. The normalized spacial score (nSPS) is 26.6. The van der Waals surface area contributed by atoms with Crippen LogP contribution in [0.25, 0.3) is 0 Å². The standard InChI is InChI=1S/C24H36N4O3/c1-18-6-3-4-7-20(18)15-27(17-22-8-5-13-31-22)21-14-23(28(16-21)19(2)29)24(30)26-11-9-25-10-12-26/h3-4,6-7,21-23,25H,5,8-17H2,1-2H3. The lowest BCUT2D eigenvalue weighted by atomic mass is 10.0. The predicted octanol–water partition coefficient (Wildman–Crippen LogP) is 1.40. The van der Waals surface area contributed by atoms with Crippen molar-refractivity contribution in [1.29, 1.82) is 0 Å². The number of carbonyl (C=O) groups is 2. The highest BCUT2D eigenvalue weighted by Crippen LogP contribution is 2.28. The summed E-state index contributed by atoms with van der Waals surface area (Å²) in [4.78, 5) is 32.0. The summed E-state index contributed by atoms with van der Waals surface area (Å²) in [5.41, 5.74) is 2.57. The highest BCUT2D eigenvalue weighted by atomic mass is 16.5. The van der Waals surface area contributed by atoms with E-state index in [1.807, 2.05) is 4.90 Å². The van der Waals surface area contributed by atoms with Crippen LogP contribution in [0.1, 0.15) is 37.3 Å². The molecule has 31 heavy (non-hydrogen) atoms. The fourth-order valence-electron chi connectivity index (χ4n) is 5.16. The van der Waals surface area contributed by atoms with E-state index in [4.69, 9.17) is 4.74 Å². The monoisotopic (exact) mass is 428 g/mol. The van der Waals surface area contributed by atoms with Crippen LogP contribution in [0.3, 0.4) is 0 Å². The summed E-state index contributed by atoms with van der Waals surface area (Å²) in [6.45, 7) is 9.91. The van der Waals surface area contributed by atoms with Gasteiger partial charge in [-0.25, -0.2) is 0 Å². The Balaban J connectivity index is 1.52. The number of ether oxygens (including phenoxy) is 1. The van der Waals surface area contributed by atoms with E-state index in [1.165, 1.54) is 11.1 Å². The number of piperazine rings is 1. The minimum Gasteiger partial charge on any atom is -0.377 e. The molecule has 0 radical (unpaired) electrons. The lowest BCUT2D eigenvalue weighted by Crippen LogP contribution is -2.53. The lowest BCUT2D eigenvalue weighted by molar-refractivity contribution is -0.143. The lowest BCUT2D eigenvalue weighted by Gasteiger charge is -2.32. The number of nitrogens with one attached hydrogen (secondary N) is 1. The molecule has 170 valence electrons. The van der Waals surface area contributed by atoms with E-state index in [9.17, 15) is 9.59 Å². The van der Waals surface area contributed by atoms with Crippen LogP contribution >= 0.6 is 0 Å². The van der Waals surface area contributed by atoms with E-state index in [2.05, 4.69) is 41.4 Å². The Labute approximate surface area is 185 Å². The maximum Gasteiger partial charge on any atom is 0.245 e. The van der Waals surface area contributed by atoms with Gasteiger partial charge in [-0.2, -0.15) is 0 Å². The van der Waals surface area contributed by atoms with Crippen molar-refractivity contribution in [2.45, 2.75) is 57.8 Å². The van der Waals surface area contributed by atoms with E-state index >= 15 is 0 Å². The molecule has 0 saturated carbocycles. The van der Waals surface area contributed by atoms with Gasteiger partial charge in [-0.1, -0.05) is 24.3 Å². The molecule has 3 unspecified atom stereocenters. The van der Waals surface area contributed by atoms with E-state index in [1.54, 1.807) is 11.8 Å². The third kappa shape index (κ3) is 5.27. The van der Waals surface area contributed by atoms with E-state index in [0.29, 0.717) is 26.1 Å². The van der Waals surface area contributed by atoms with Gasteiger partial charge in [-0.3, -0.25) is 14.5 Å². The van der Waals surface area contributed by atoms with Gasteiger partial charge in [-0.15, -0.1) is 0 Å². The molecular weight excluding hydrogens is 392 g/mol. The molecule has 3 saturated heterocycles. The number of rotatable bonds is 6. The summed E-state index contributed by atoms with van der Waals surface area (Å²) in [6, 6.07) is 8.28. The zero-order chi connectivity index (χ0) is 21.8. The van der Waals surface area contributed by atoms with Crippen molar-refractivity contribution in [3.05, 3.63) is 35.4 Å². The second kappa shape index (κ2) is 10.1. The number of likely N-dealkylation sites (tertiary alicyclic amines) is 1. The molecule has 1 aromatic rings. The van der Waals surface area contributed by atoms with Crippen LogP contribution in [-0.2, 0) is 20.9 Å². The Morgan fingerprint density at radius 1 is 1.23 bits per heavy atom. The largest absolute Gasteiger partial charge is 0.377 e. The quantitative estimate of drug-likeness (QED) is 0.742. The van der Waals surface area contributed by atoms with Crippen LogP contribution in [0.15, 0.2) is 24.3 Å². The van der Waals surface area contributed by atoms with E-state index in [0.717, 1.165) is 45.6 Å². The first kappa shape index (κ1) is 22.2. The fourth-order valence-corrected chi connectivity index (χ4v) is 5.16. The zero-order valence-corrected chi connectivity index (χ0v) is 18.9. The zero-order valence-electron chi connectivity index (χ0n) is 18.9. The Kier molecular flexibility index (Phi) is 7.25. The average Bonchev–Trinajstić information content (AvgIpc) is 3.45. The maximum atomic E-state index is 13.3. The SMILES string of the molecule is CC(=O)N1CC(N(Cc2ccccc2C)CC2CCCO2)CC1C(=O)N1CCNCC1. The summed E-state index contributed by atoms with van der Waals surface area (Å²) in [5, 5.41) is 3.30. The minimum atomic E-state index is -0.357. The number of hydrogen-bond acceptors (Lipinski definition) is 5. The van der Waals surface area contributed by atoms with Gasteiger partial charge in [0.15, 0.2) is 0 Å². The second-order valence-corrected chi connectivity index (χ2v) is 9.14. The van der Waals surface area contributed by atoms with Gasteiger partial charge in [0.1, 0.15) is 6.04 Å². The number of nitrogens with zero attached hydrogens (tertiary/aromatic N) is 3. The highest BCUT2D eigenvalue weighted by Gasteiger charge is 2.43. The van der Waals surface area contributed by atoms with Crippen molar-refractivity contribution in [3.63, 3.8) is 0 Å². The van der Waals surface area contributed by atoms with Gasteiger partial charge in [-0.05, 0) is 37.3 Å². The molecule has 7 heteroatoms. The molecule has 0 bridgehead atoms. The van der Waals surface area contributed by atoms with Crippen LogP contribution in [0.5, 0.6) is 0 Å². The summed E-state index contributed by atoms with van der Waals surface area (Å²) in [7, 11) is 0. The first-order valence-electron chi connectivity index (χ1n) is 11.7. The molecule has 0 aromatic heterocycles. The van der Waals surface area contributed by atoms with Gasteiger partial charge < -0.3 is 19.9 Å². The number of benzene rings is 1. The average molecular weight is 429 g/mol. The van der Waals surface area contributed by atoms with Crippen LogP contribution in [0.2, 0.25) is 0 Å². The van der Waals surface area contributed by atoms with Crippen LogP contribution in [-0.4, -0.2) is 90.6 Å². The molecule has 3 aliphatic rings. The summed E-state index contributed by atoms with van der Waals surface area (Å²) < 4.78 is 5.95. The third-order valence-corrected chi connectivity index (χ3v) is 7.01. The van der Waals surface area contributed by atoms with Crippen LogP contribution < -0.4 is 5.32 Å². The molecule has 2 amide bonds. The molecule has 7 nitrogen and oxygen atoms in total. The van der Waals surface area contributed by atoms with Crippen molar-refractivity contribution >= 4 is 11.8 Å². The van der Waals surface area contributed by atoms with Gasteiger partial charge >= 0.3 is 0 Å². The van der Waals surface area contributed by atoms with Gasteiger partial charge in [0.2, 0.25) is 11.8 Å². The topological polar surface area (TPSA) is 65.1 Å². The number of amides is 2. The van der Waals surface area contributed by atoms with Gasteiger partial charge in [0, 0.05) is 65.4 Å². The van der Waals surface area contributed by atoms with E-state index < -0.39 is 0 Å². The van der Waals surface area contributed by atoms with Crippen LogP contribution in [0, 0.1) is 6.92 Å². The summed E-state index contributed by atoms with van der Waals surface area (Å²) in [6.07, 6.45) is 3.12. The van der Waals surface area contributed by atoms with Crippen LogP contribution in [0.4, 0.5) is 0 Å². The molecule has 0 spiro atoms. The van der Waals surface area contributed by atoms with E-state index in [-0.39, 0.29) is 30.0 Å². The first-order valence-corrected chi connectivity index (χ1v) is 11.7. The maximum absolute atomic E-state index is 13.3. The molecule has 3 heterocycles. The van der Waals surface area contributed by atoms with Gasteiger partial charge in [0.25, 0.3) is 0 Å². The Bertz CT molecular complexity index is 774. The Morgan fingerprint density at radius 3 is 2.68 bits per heavy atom. The first-order chi connectivity index (χ1) is 15.0. The molecule has 1 N–H and O–H groups in total. The second-order valence-electron chi connectivity index (χ2n) is 9.14. The molecule has 1 aromatic carbocycles. The molecule has 3 fully saturated rings. The van der Waals surface area contributed by atoms with Crippen molar-refractivity contribution in [2.75, 3.05) is 45.9 Å². The molecular formula is C24H36N4O3. The number of aryl methyl sites for hydroxylation is 1. The third-order valence-electron chi connectivity index (χ3n) is 7.01. The highest BCUT2D eigenvalue weighted by molar-refractivity contribution is 5.87. The predicted molar refractivity (Wildman–Crippen MR) is 120 cm³/mol. The number of carbonyl (C=O) groups excluding carboxylic acids is 2. The minimum absolute atomic E-state index is 0.0102. The van der Waals surface area contributed by atoms with Gasteiger partial charge in [0.05, 0.1) is 6.10 Å². The smallest absolute Gasteiger partial charge is 0.245 e. The fraction of sp³-hybridized carbons (Fsp3) is 0.667. The molecule has 4 rings (SSSR count). The molecule has 3 atom stereocenters.